The predicted octanol–water partition coefficient (Wildman–Crippen LogP) is 0.661. The number of nitrogens with zero attached hydrogens (tertiary/aromatic N) is 2. The van der Waals surface area contributed by atoms with Gasteiger partial charge in [0.2, 0.25) is 5.91 Å². The highest BCUT2D eigenvalue weighted by molar-refractivity contribution is 7.81. The number of piperidine rings is 1. The monoisotopic (exact) mass is 265 g/mol. The summed E-state index contributed by atoms with van der Waals surface area (Å²) in [6.07, 6.45) is 6.55. The van der Waals surface area contributed by atoms with E-state index < -0.39 is 16.4 Å². The van der Waals surface area contributed by atoms with E-state index in [4.69, 9.17) is 0 Å². The molecule has 0 aromatic carbocycles. The molecular formula is C12H15N3O2S. The fourth-order valence-electron chi connectivity index (χ4n) is 2.90. The van der Waals surface area contributed by atoms with Gasteiger partial charge in [0.05, 0.1) is 28.3 Å². The number of carbonyl (C=O) groups excluding carboxylic acids is 1. The number of amides is 1. The highest BCUT2D eigenvalue weighted by atomic mass is 32.2. The first-order chi connectivity index (χ1) is 8.63. The maximum Gasteiger partial charge on any atom is 0.235 e. The van der Waals surface area contributed by atoms with E-state index in [9.17, 15) is 9.00 Å². The Hall–Kier alpha value is -1.27. The first-order valence-corrected chi connectivity index (χ1v) is 7.49. The molecule has 2 aliphatic heterocycles. The van der Waals surface area contributed by atoms with Crippen LogP contribution in [-0.4, -0.2) is 38.8 Å². The Balaban J connectivity index is 1.93. The maximum absolute atomic E-state index is 12.3. The van der Waals surface area contributed by atoms with Gasteiger partial charge in [-0.05, 0) is 24.5 Å². The molecule has 6 heteroatoms. The molecule has 96 valence electrons. The van der Waals surface area contributed by atoms with Crippen LogP contribution in [0.5, 0.6) is 0 Å². The number of hydrogen-bond acceptors (Lipinski definition) is 3. The van der Waals surface area contributed by atoms with Gasteiger partial charge in [-0.1, -0.05) is 0 Å². The molecule has 5 nitrogen and oxygen atoms in total. The third-order valence-corrected chi connectivity index (χ3v) is 5.05. The molecule has 0 aliphatic carbocycles. The van der Waals surface area contributed by atoms with Gasteiger partial charge in [0.1, 0.15) is 0 Å². The number of pyridine rings is 1. The Morgan fingerprint density at radius 2 is 2.17 bits per heavy atom. The van der Waals surface area contributed by atoms with Crippen molar-refractivity contribution in [1.82, 2.24) is 9.29 Å². The minimum Gasteiger partial charge on any atom is -0.324 e. The fraction of sp³-hybridized carbons (Fsp3) is 0.500. The van der Waals surface area contributed by atoms with Crippen molar-refractivity contribution in [3.05, 3.63) is 24.0 Å². The molecule has 0 bridgehead atoms. The molecular weight excluding hydrogens is 250 g/mol. The predicted molar refractivity (Wildman–Crippen MR) is 69.4 cm³/mol. The summed E-state index contributed by atoms with van der Waals surface area (Å²) in [4.78, 5) is 16.3. The Labute approximate surface area is 108 Å². The van der Waals surface area contributed by atoms with Gasteiger partial charge in [0.15, 0.2) is 0 Å². The van der Waals surface area contributed by atoms with Gasteiger partial charge < -0.3 is 5.32 Å². The molecule has 1 spiro atoms. The van der Waals surface area contributed by atoms with Crippen molar-refractivity contribution >= 4 is 22.6 Å². The van der Waals surface area contributed by atoms with Crippen LogP contribution in [0.3, 0.4) is 0 Å². The van der Waals surface area contributed by atoms with Crippen molar-refractivity contribution in [3.8, 4) is 0 Å². The van der Waals surface area contributed by atoms with Crippen LogP contribution in [0.2, 0.25) is 0 Å². The van der Waals surface area contributed by atoms with Crippen LogP contribution in [0.15, 0.2) is 18.5 Å². The molecule has 1 amide bonds. The Kier molecular flexibility index (Phi) is 2.71. The van der Waals surface area contributed by atoms with Gasteiger partial charge in [-0.15, -0.1) is 0 Å². The second kappa shape index (κ2) is 4.13. The molecule has 3 heterocycles. The van der Waals surface area contributed by atoms with Crippen molar-refractivity contribution < 1.29 is 9.00 Å². The lowest BCUT2D eigenvalue weighted by molar-refractivity contribution is -0.122. The molecule has 0 saturated carbocycles. The second-order valence-corrected chi connectivity index (χ2v) is 6.17. The number of aromatic nitrogens is 1. The van der Waals surface area contributed by atoms with Gasteiger partial charge in [-0.2, -0.15) is 0 Å². The highest BCUT2D eigenvalue weighted by Gasteiger charge is 2.48. The number of anilines is 1. The van der Waals surface area contributed by atoms with Crippen LogP contribution in [0.4, 0.5) is 5.69 Å². The Morgan fingerprint density at radius 1 is 1.44 bits per heavy atom. The Morgan fingerprint density at radius 3 is 2.83 bits per heavy atom. The van der Waals surface area contributed by atoms with E-state index in [1.54, 1.807) is 18.6 Å². The van der Waals surface area contributed by atoms with Crippen LogP contribution in [0.25, 0.3) is 0 Å². The molecule has 1 aromatic rings. The summed E-state index contributed by atoms with van der Waals surface area (Å²) in [5, 5.41) is 2.91. The summed E-state index contributed by atoms with van der Waals surface area (Å²) >= 11 is 0. The molecule has 1 fully saturated rings. The number of carbonyl (C=O) groups is 1. The lowest BCUT2D eigenvalue weighted by atomic mass is 9.74. The molecule has 1 atom stereocenters. The third kappa shape index (κ3) is 1.59. The zero-order chi connectivity index (χ0) is 12.8. The van der Waals surface area contributed by atoms with Crippen molar-refractivity contribution in [1.29, 1.82) is 0 Å². The second-order valence-electron chi connectivity index (χ2n) is 4.81. The average molecular weight is 265 g/mol. The number of nitrogens with one attached hydrogen (secondary N) is 1. The molecule has 1 N–H and O–H groups in total. The summed E-state index contributed by atoms with van der Waals surface area (Å²) in [7, 11) is -0.949. The van der Waals surface area contributed by atoms with Crippen LogP contribution in [0, 0.1) is 0 Å². The quantitative estimate of drug-likeness (QED) is 0.811. The first-order valence-electron chi connectivity index (χ1n) is 5.98. The van der Waals surface area contributed by atoms with E-state index in [0.717, 1.165) is 24.1 Å². The average Bonchev–Trinajstić information content (AvgIpc) is 2.64. The molecule has 2 aliphatic rings. The smallest absolute Gasteiger partial charge is 0.235 e. The van der Waals surface area contributed by atoms with Crippen molar-refractivity contribution in [2.24, 2.45) is 0 Å². The molecule has 1 aromatic heterocycles. The summed E-state index contributed by atoms with van der Waals surface area (Å²) in [6.45, 7) is 1.39. The van der Waals surface area contributed by atoms with Gasteiger partial charge in [-0.3, -0.25) is 9.78 Å². The SMILES string of the molecule is CS(=O)N1CCC2(CC1)C(=O)Nc1cnccc12. The molecule has 1 saturated heterocycles. The van der Waals surface area contributed by atoms with Gasteiger partial charge in [-0.25, -0.2) is 8.51 Å². The van der Waals surface area contributed by atoms with Crippen molar-refractivity contribution in [3.63, 3.8) is 0 Å². The topological polar surface area (TPSA) is 62.3 Å². The van der Waals surface area contributed by atoms with Crippen LogP contribution in [-0.2, 0) is 21.2 Å². The zero-order valence-electron chi connectivity index (χ0n) is 10.2. The minimum atomic E-state index is -0.949. The Bertz CT molecular complexity index is 524. The molecule has 18 heavy (non-hydrogen) atoms. The number of hydrogen-bond donors (Lipinski definition) is 1. The normalized spacial score (nSPS) is 23.7. The van der Waals surface area contributed by atoms with E-state index in [2.05, 4.69) is 10.3 Å². The molecule has 1 unspecified atom stereocenters. The summed E-state index contributed by atoms with van der Waals surface area (Å²) in [5.41, 5.74) is 1.44. The van der Waals surface area contributed by atoms with E-state index in [0.29, 0.717) is 13.1 Å². The van der Waals surface area contributed by atoms with Crippen LogP contribution in [0.1, 0.15) is 18.4 Å². The number of rotatable bonds is 1. The molecule has 3 rings (SSSR count). The van der Waals surface area contributed by atoms with Gasteiger partial charge >= 0.3 is 0 Å². The van der Waals surface area contributed by atoms with Crippen molar-refractivity contribution in [2.75, 3.05) is 24.7 Å². The van der Waals surface area contributed by atoms with Gasteiger partial charge in [0, 0.05) is 25.5 Å². The largest absolute Gasteiger partial charge is 0.324 e. The molecule has 0 radical (unpaired) electrons. The van der Waals surface area contributed by atoms with Crippen LogP contribution < -0.4 is 5.32 Å². The van der Waals surface area contributed by atoms with Gasteiger partial charge in [0.25, 0.3) is 0 Å². The standard InChI is InChI=1S/C12H15N3O2S/c1-18(17)15-6-3-12(4-7-15)9-2-5-13-8-10(9)14-11(12)16/h2,5,8H,3-4,6-7H2,1H3,(H,14,16). The minimum absolute atomic E-state index is 0.0621. The highest BCUT2D eigenvalue weighted by Crippen LogP contribution is 2.44. The maximum atomic E-state index is 12.3. The van der Waals surface area contributed by atoms with E-state index >= 15 is 0 Å². The fourth-order valence-corrected chi connectivity index (χ4v) is 3.59. The summed E-state index contributed by atoms with van der Waals surface area (Å²) < 4.78 is 13.4. The van der Waals surface area contributed by atoms with Crippen molar-refractivity contribution in [2.45, 2.75) is 18.3 Å². The van der Waals surface area contributed by atoms with E-state index in [1.807, 2.05) is 10.4 Å². The lowest BCUT2D eigenvalue weighted by Gasteiger charge is -2.36. The van der Waals surface area contributed by atoms with E-state index in [-0.39, 0.29) is 5.91 Å². The summed E-state index contributed by atoms with van der Waals surface area (Å²) in [6, 6.07) is 1.92. The lowest BCUT2D eigenvalue weighted by Crippen LogP contribution is -2.46. The zero-order valence-corrected chi connectivity index (χ0v) is 11.0. The van der Waals surface area contributed by atoms with Crippen LogP contribution >= 0.6 is 0 Å². The third-order valence-electron chi connectivity index (χ3n) is 3.96. The summed E-state index contributed by atoms with van der Waals surface area (Å²) in [5.74, 6) is 0.0621. The van der Waals surface area contributed by atoms with E-state index in [1.165, 1.54) is 0 Å². The number of fused-ring (bicyclic) bond motifs is 2. The first kappa shape index (κ1) is 11.8.